The lowest BCUT2D eigenvalue weighted by molar-refractivity contribution is 0.100. The molecule has 1 unspecified atom stereocenters. The number of nitrogens with two attached hydrogens (primary N) is 1. The SMILES string of the molecule is C=CC(O)CCCN(c1nc2oc(-c3ccc(F)cc3)c(C(N)=O)c2cc1CI)S(C)(=O)=O. The third kappa shape index (κ3) is 5.53. The van der Waals surface area contributed by atoms with Crippen molar-refractivity contribution in [2.24, 2.45) is 5.73 Å². The standard InChI is InChI=1S/C22H23FIN3O5S/c1-3-16(28)5-4-10-27(33(2,30)31)21-14(12-24)11-17-18(20(25)29)19(32-22(17)26-21)13-6-8-15(23)9-7-13/h3,6-9,11,16,28H,1,4-5,10,12H2,2H3,(H2,25,29). The molecule has 0 bridgehead atoms. The number of alkyl halides is 1. The molecule has 0 saturated carbocycles. The van der Waals surface area contributed by atoms with E-state index in [1.54, 1.807) is 6.07 Å². The molecule has 1 aromatic carbocycles. The fourth-order valence-corrected chi connectivity index (χ4v) is 4.90. The Kier molecular flexibility index (Phi) is 7.75. The zero-order chi connectivity index (χ0) is 24.3. The number of anilines is 1. The average Bonchev–Trinajstić information content (AvgIpc) is 3.13. The number of aliphatic hydroxyl groups is 1. The minimum absolute atomic E-state index is 0.0338. The number of carbonyl (C=O) groups is 1. The van der Waals surface area contributed by atoms with E-state index in [-0.39, 0.29) is 29.4 Å². The van der Waals surface area contributed by atoms with Crippen LogP contribution in [0.2, 0.25) is 0 Å². The van der Waals surface area contributed by atoms with Crippen LogP contribution in [-0.4, -0.2) is 43.3 Å². The normalized spacial score (nSPS) is 12.6. The van der Waals surface area contributed by atoms with Gasteiger partial charge in [0.1, 0.15) is 17.4 Å². The third-order valence-electron chi connectivity index (χ3n) is 5.01. The number of nitrogens with zero attached hydrogens (tertiary/aromatic N) is 2. The van der Waals surface area contributed by atoms with Gasteiger partial charge in [0.15, 0.2) is 0 Å². The van der Waals surface area contributed by atoms with Gasteiger partial charge in [-0.1, -0.05) is 28.7 Å². The fraction of sp³-hybridized carbons (Fsp3) is 0.273. The van der Waals surface area contributed by atoms with E-state index >= 15 is 0 Å². The van der Waals surface area contributed by atoms with Crippen molar-refractivity contribution in [3.05, 3.63) is 59.9 Å². The molecule has 3 N–H and O–H groups in total. The highest BCUT2D eigenvalue weighted by molar-refractivity contribution is 14.1. The molecule has 8 nitrogen and oxygen atoms in total. The predicted molar refractivity (Wildman–Crippen MR) is 133 cm³/mol. The van der Waals surface area contributed by atoms with Gasteiger partial charge in [-0.3, -0.25) is 9.10 Å². The molecule has 0 spiro atoms. The zero-order valence-electron chi connectivity index (χ0n) is 17.8. The van der Waals surface area contributed by atoms with Gasteiger partial charge in [-0.25, -0.2) is 12.8 Å². The van der Waals surface area contributed by atoms with Gasteiger partial charge in [-0.2, -0.15) is 4.98 Å². The first-order chi connectivity index (χ1) is 15.6. The maximum atomic E-state index is 13.4. The van der Waals surface area contributed by atoms with Crippen LogP contribution in [0.5, 0.6) is 0 Å². The van der Waals surface area contributed by atoms with Crippen molar-refractivity contribution in [3.63, 3.8) is 0 Å². The van der Waals surface area contributed by atoms with Gasteiger partial charge in [-0.05, 0) is 43.2 Å². The highest BCUT2D eigenvalue weighted by atomic mass is 127. The van der Waals surface area contributed by atoms with Gasteiger partial charge >= 0.3 is 0 Å². The number of furan rings is 1. The number of hydrogen-bond donors (Lipinski definition) is 2. The average molecular weight is 587 g/mol. The smallest absolute Gasteiger partial charge is 0.253 e. The van der Waals surface area contributed by atoms with Crippen molar-refractivity contribution in [1.29, 1.82) is 0 Å². The first kappa shape index (κ1) is 25.1. The summed E-state index contributed by atoms with van der Waals surface area (Å²) in [5.74, 6) is -0.904. The molecule has 1 atom stereocenters. The molecule has 0 aliphatic rings. The van der Waals surface area contributed by atoms with Crippen LogP contribution in [0.1, 0.15) is 28.8 Å². The number of sulfonamides is 1. The number of amides is 1. The second-order valence-corrected chi connectivity index (χ2v) is 10.1. The molecule has 33 heavy (non-hydrogen) atoms. The first-order valence-electron chi connectivity index (χ1n) is 9.93. The number of fused-ring (bicyclic) bond motifs is 1. The minimum Gasteiger partial charge on any atom is -0.437 e. The Hall–Kier alpha value is -2.51. The summed E-state index contributed by atoms with van der Waals surface area (Å²) in [4.78, 5) is 16.7. The van der Waals surface area contributed by atoms with Crippen LogP contribution in [0.25, 0.3) is 22.4 Å². The van der Waals surface area contributed by atoms with Crippen LogP contribution in [-0.2, 0) is 14.5 Å². The number of aliphatic hydroxyl groups excluding tert-OH is 1. The largest absolute Gasteiger partial charge is 0.437 e. The number of pyridine rings is 1. The molecule has 0 radical (unpaired) electrons. The Morgan fingerprint density at radius 2 is 2.06 bits per heavy atom. The van der Waals surface area contributed by atoms with Crippen molar-refractivity contribution in [1.82, 2.24) is 4.98 Å². The molecule has 2 aromatic heterocycles. The maximum absolute atomic E-state index is 13.4. The van der Waals surface area contributed by atoms with Gasteiger partial charge in [0, 0.05) is 22.1 Å². The molecular weight excluding hydrogens is 564 g/mol. The molecule has 11 heteroatoms. The van der Waals surface area contributed by atoms with E-state index in [0.29, 0.717) is 33.8 Å². The van der Waals surface area contributed by atoms with Crippen molar-refractivity contribution in [3.8, 4) is 11.3 Å². The van der Waals surface area contributed by atoms with Gasteiger partial charge in [0.25, 0.3) is 5.91 Å². The summed E-state index contributed by atoms with van der Waals surface area (Å²) in [5, 5.41) is 10.1. The number of hydrogen-bond acceptors (Lipinski definition) is 6. The molecule has 0 saturated heterocycles. The molecular formula is C22H23FIN3O5S. The quantitative estimate of drug-likeness (QED) is 0.211. The lowest BCUT2D eigenvalue weighted by atomic mass is 10.0. The summed E-state index contributed by atoms with van der Waals surface area (Å²) in [6.07, 6.45) is 2.41. The summed E-state index contributed by atoms with van der Waals surface area (Å²) in [6.45, 7) is 3.60. The highest BCUT2D eigenvalue weighted by Crippen LogP contribution is 2.36. The molecule has 176 valence electrons. The monoisotopic (exact) mass is 587 g/mol. The van der Waals surface area contributed by atoms with Crippen LogP contribution >= 0.6 is 22.6 Å². The molecule has 2 heterocycles. The molecule has 1 amide bonds. The van der Waals surface area contributed by atoms with Crippen LogP contribution in [0.15, 0.2) is 47.4 Å². The van der Waals surface area contributed by atoms with Gasteiger partial charge in [-0.15, -0.1) is 6.58 Å². The molecule has 3 aromatic rings. The topological polar surface area (TPSA) is 127 Å². The van der Waals surface area contributed by atoms with Gasteiger partial charge in [0.05, 0.1) is 23.3 Å². The van der Waals surface area contributed by atoms with Crippen LogP contribution < -0.4 is 10.0 Å². The molecule has 0 fully saturated rings. The van der Waals surface area contributed by atoms with E-state index in [0.717, 1.165) is 10.6 Å². The molecule has 0 aliphatic carbocycles. The summed E-state index contributed by atoms with van der Waals surface area (Å²) < 4.78 is 45.9. The lowest BCUT2D eigenvalue weighted by Crippen LogP contribution is -2.33. The van der Waals surface area contributed by atoms with E-state index in [1.165, 1.54) is 30.3 Å². The second-order valence-electron chi connectivity index (χ2n) is 7.42. The van der Waals surface area contributed by atoms with Crippen molar-refractivity contribution in [2.75, 3.05) is 17.1 Å². The first-order valence-corrected chi connectivity index (χ1v) is 13.3. The maximum Gasteiger partial charge on any atom is 0.253 e. The van der Waals surface area contributed by atoms with Crippen LogP contribution in [0, 0.1) is 5.82 Å². The number of benzene rings is 1. The number of halogens is 2. The van der Waals surface area contributed by atoms with Crippen LogP contribution in [0.4, 0.5) is 10.2 Å². The second kappa shape index (κ2) is 10.2. The fourth-order valence-electron chi connectivity index (χ4n) is 3.41. The number of aromatic nitrogens is 1. The van der Waals surface area contributed by atoms with E-state index in [2.05, 4.69) is 34.2 Å². The van der Waals surface area contributed by atoms with Gasteiger partial charge < -0.3 is 15.3 Å². The van der Waals surface area contributed by atoms with Gasteiger partial charge in [0.2, 0.25) is 15.7 Å². The lowest BCUT2D eigenvalue weighted by Gasteiger charge is -2.23. The Morgan fingerprint density at radius 1 is 1.39 bits per heavy atom. The molecule has 0 aliphatic heterocycles. The van der Waals surface area contributed by atoms with Crippen molar-refractivity contribution >= 4 is 55.4 Å². The van der Waals surface area contributed by atoms with E-state index in [4.69, 9.17) is 10.2 Å². The van der Waals surface area contributed by atoms with Crippen molar-refractivity contribution < 1.29 is 27.1 Å². The Morgan fingerprint density at radius 3 is 2.61 bits per heavy atom. The Labute approximate surface area is 204 Å². The summed E-state index contributed by atoms with van der Waals surface area (Å²) in [7, 11) is -3.72. The number of carbonyl (C=O) groups excluding carboxylic acids is 1. The van der Waals surface area contributed by atoms with E-state index in [9.17, 15) is 22.7 Å². The Balaban J connectivity index is 2.17. The zero-order valence-corrected chi connectivity index (χ0v) is 20.8. The number of rotatable bonds is 10. The predicted octanol–water partition coefficient (Wildman–Crippen LogP) is 3.76. The summed E-state index contributed by atoms with van der Waals surface area (Å²) >= 11 is 2.08. The van der Waals surface area contributed by atoms with Crippen molar-refractivity contribution in [2.45, 2.75) is 23.4 Å². The molecule has 3 rings (SSSR count). The highest BCUT2D eigenvalue weighted by Gasteiger charge is 2.27. The van der Waals surface area contributed by atoms with E-state index < -0.39 is 27.9 Å². The number of primary amides is 1. The summed E-state index contributed by atoms with van der Waals surface area (Å²) in [6, 6.07) is 7.00. The Bertz CT molecular complexity index is 1290. The summed E-state index contributed by atoms with van der Waals surface area (Å²) in [5.41, 5.74) is 6.73. The third-order valence-corrected chi connectivity index (χ3v) is 6.98. The van der Waals surface area contributed by atoms with Crippen LogP contribution in [0.3, 0.4) is 0 Å². The minimum atomic E-state index is -3.72. The van der Waals surface area contributed by atoms with E-state index in [1.807, 2.05) is 0 Å².